The third-order valence-electron chi connectivity index (χ3n) is 3.48. The Bertz CT molecular complexity index is 904. The highest BCUT2D eigenvalue weighted by Crippen LogP contribution is 2.35. The van der Waals surface area contributed by atoms with Gasteiger partial charge in [0.15, 0.2) is 0 Å². The largest absolute Gasteiger partial charge is 0.462 e. The van der Waals surface area contributed by atoms with E-state index in [0.717, 1.165) is 10.4 Å². The number of nitrogens with zero attached hydrogens (tertiary/aromatic N) is 2. The minimum Gasteiger partial charge on any atom is -0.462 e. The molecule has 1 amide bonds. The van der Waals surface area contributed by atoms with Gasteiger partial charge in [-0.25, -0.2) is 9.78 Å². The van der Waals surface area contributed by atoms with Crippen LogP contribution in [0.5, 0.6) is 0 Å². The number of thiophene rings is 1. The lowest BCUT2D eigenvalue weighted by molar-refractivity contribution is -0.116. The summed E-state index contributed by atoms with van der Waals surface area (Å²) in [6, 6.07) is 9.04. The standard InChI is InChI=1S/C18H16ClN3O3S/c1-2-25-18(24)17-14(21-16(23)10-22-8-7-20-11-22)9-15(26-17)12-3-5-13(19)6-4-12/h3-9,11H,2,10H2,1H3,(H,21,23). The number of ether oxygens (including phenoxy) is 1. The Morgan fingerprint density at radius 1 is 1.31 bits per heavy atom. The highest BCUT2D eigenvalue weighted by molar-refractivity contribution is 7.18. The molecular weight excluding hydrogens is 374 g/mol. The molecule has 1 aromatic carbocycles. The first-order valence-corrected chi connectivity index (χ1v) is 9.08. The van der Waals surface area contributed by atoms with E-state index < -0.39 is 5.97 Å². The summed E-state index contributed by atoms with van der Waals surface area (Å²) < 4.78 is 6.75. The topological polar surface area (TPSA) is 73.2 Å². The quantitative estimate of drug-likeness (QED) is 0.644. The molecule has 0 bridgehead atoms. The summed E-state index contributed by atoms with van der Waals surface area (Å²) in [5.41, 5.74) is 1.34. The van der Waals surface area contributed by atoms with E-state index in [1.54, 1.807) is 48.4 Å². The van der Waals surface area contributed by atoms with Crippen LogP contribution in [0.15, 0.2) is 49.1 Å². The molecule has 6 nitrogen and oxygen atoms in total. The summed E-state index contributed by atoms with van der Waals surface area (Å²) >= 11 is 7.19. The van der Waals surface area contributed by atoms with Crippen LogP contribution in [0.25, 0.3) is 10.4 Å². The van der Waals surface area contributed by atoms with Crippen LogP contribution in [-0.4, -0.2) is 28.0 Å². The van der Waals surface area contributed by atoms with Crippen molar-refractivity contribution in [2.45, 2.75) is 13.5 Å². The summed E-state index contributed by atoms with van der Waals surface area (Å²) in [7, 11) is 0. The van der Waals surface area contributed by atoms with Crippen molar-refractivity contribution in [3.05, 3.63) is 59.0 Å². The van der Waals surface area contributed by atoms with E-state index in [4.69, 9.17) is 16.3 Å². The number of aromatic nitrogens is 2. The number of halogens is 1. The minimum absolute atomic E-state index is 0.106. The van der Waals surface area contributed by atoms with Crippen molar-refractivity contribution in [2.75, 3.05) is 11.9 Å². The number of hydrogen-bond acceptors (Lipinski definition) is 5. The highest BCUT2D eigenvalue weighted by Gasteiger charge is 2.20. The molecule has 134 valence electrons. The molecule has 0 saturated heterocycles. The minimum atomic E-state index is -0.462. The maximum atomic E-state index is 12.3. The van der Waals surface area contributed by atoms with Gasteiger partial charge < -0.3 is 14.6 Å². The third kappa shape index (κ3) is 4.30. The number of carbonyl (C=O) groups excluding carboxylic acids is 2. The molecule has 2 aromatic heterocycles. The second kappa shape index (κ2) is 8.16. The second-order valence-corrected chi connectivity index (χ2v) is 6.85. The number of benzene rings is 1. The van der Waals surface area contributed by atoms with Crippen LogP contribution in [-0.2, 0) is 16.1 Å². The van der Waals surface area contributed by atoms with Crippen LogP contribution in [0.4, 0.5) is 5.69 Å². The van der Waals surface area contributed by atoms with Crippen LogP contribution < -0.4 is 5.32 Å². The van der Waals surface area contributed by atoms with Gasteiger partial charge in [-0.3, -0.25) is 4.79 Å². The fraction of sp³-hybridized carbons (Fsp3) is 0.167. The van der Waals surface area contributed by atoms with Gasteiger partial charge in [0, 0.05) is 22.3 Å². The Morgan fingerprint density at radius 3 is 2.73 bits per heavy atom. The lowest BCUT2D eigenvalue weighted by Gasteiger charge is -2.06. The fourth-order valence-electron chi connectivity index (χ4n) is 2.32. The molecule has 3 rings (SSSR count). The molecule has 2 heterocycles. The van der Waals surface area contributed by atoms with Gasteiger partial charge >= 0.3 is 5.97 Å². The molecule has 3 aromatic rings. The van der Waals surface area contributed by atoms with Gasteiger partial charge in [-0.15, -0.1) is 11.3 Å². The van der Waals surface area contributed by atoms with Gasteiger partial charge in [-0.05, 0) is 30.7 Å². The first kappa shape index (κ1) is 18.2. The molecule has 0 atom stereocenters. The van der Waals surface area contributed by atoms with E-state index >= 15 is 0 Å². The number of amides is 1. The maximum Gasteiger partial charge on any atom is 0.350 e. The zero-order chi connectivity index (χ0) is 18.5. The normalized spacial score (nSPS) is 10.5. The molecule has 26 heavy (non-hydrogen) atoms. The smallest absolute Gasteiger partial charge is 0.350 e. The van der Waals surface area contributed by atoms with Crippen LogP contribution >= 0.6 is 22.9 Å². The van der Waals surface area contributed by atoms with E-state index in [-0.39, 0.29) is 19.1 Å². The molecule has 0 aliphatic carbocycles. The lowest BCUT2D eigenvalue weighted by Crippen LogP contribution is -2.19. The first-order valence-electron chi connectivity index (χ1n) is 7.89. The number of imidazole rings is 1. The summed E-state index contributed by atoms with van der Waals surface area (Å²) in [5, 5.41) is 3.42. The molecule has 0 aliphatic heterocycles. The summed E-state index contributed by atoms with van der Waals surface area (Å²) in [4.78, 5) is 29.6. The molecule has 0 spiro atoms. The number of anilines is 1. The monoisotopic (exact) mass is 389 g/mol. The molecule has 1 N–H and O–H groups in total. The van der Waals surface area contributed by atoms with E-state index in [1.165, 1.54) is 11.3 Å². The number of esters is 1. The van der Waals surface area contributed by atoms with Gasteiger partial charge in [-0.1, -0.05) is 23.7 Å². The predicted octanol–water partition coefficient (Wildman–Crippen LogP) is 4.08. The van der Waals surface area contributed by atoms with Crippen molar-refractivity contribution in [3.8, 4) is 10.4 Å². The maximum absolute atomic E-state index is 12.3. The van der Waals surface area contributed by atoms with Gasteiger partial charge in [0.25, 0.3) is 0 Å². The van der Waals surface area contributed by atoms with Gasteiger partial charge in [-0.2, -0.15) is 0 Å². The third-order valence-corrected chi connectivity index (χ3v) is 4.90. The van der Waals surface area contributed by atoms with Gasteiger partial charge in [0.2, 0.25) is 5.91 Å². The SMILES string of the molecule is CCOC(=O)c1sc(-c2ccc(Cl)cc2)cc1NC(=O)Cn1ccnc1. The fourth-order valence-corrected chi connectivity index (χ4v) is 3.46. The molecule has 0 saturated carbocycles. The van der Waals surface area contributed by atoms with Crippen molar-refractivity contribution in [2.24, 2.45) is 0 Å². The Labute approximate surface area is 159 Å². The Hall–Kier alpha value is -2.64. The van der Waals surface area contributed by atoms with E-state index in [1.807, 2.05) is 12.1 Å². The Morgan fingerprint density at radius 2 is 2.08 bits per heavy atom. The zero-order valence-electron chi connectivity index (χ0n) is 13.9. The van der Waals surface area contributed by atoms with E-state index in [0.29, 0.717) is 15.6 Å². The van der Waals surface area contributed by atoms with Crippen molar-refractivity contribution in [3.63, 3.8) is 0 Å². The van der Waals surface area contributed by atoms with Crippen molar-refractivity contribution in [1.29, 1.82) is 0 Å². The van der Waals surface area contributed by atoms with Crippen molar-refractivity contribution in [1.82, 2.24) is 9.55 Å². The van der Waals surface area contributed by atoms with Gasteiger partial charge in [0.1, 0.15) is 11.4 Å². The van der Waals surface area contributed by atoms with Crippen LogP contribution in [0.1, 0.15) is 16.6 Å². The molecular formula is C18H16ClN3O3S. The number of hydrogen-bond donors (Lipinski definition) is 1. The molecule has 8 heteroatoms. The van der Waals surface area contributed by atoms with Crippen LogP contribution in [0, 0.1) is 0 Å². The van der Waals surface area contributed by atoms with E-state index in [2.05, 4.69) is 10.3 Å². The number of carbonyl (C=O) groups is 2. The zero-order valence-corrected chi connectivity index (χ0v) is 15.5. The van der Waals surface area contributed by atoms with Crippen molar-refractivity contribution < 1.29 is 14.3 Å². The molecule has 0 fully saturated rings. The van der Waals surface area contributed by atoms with Crippen molar-refractivity contribution >= 4 is 40.5 Å². The Kier molecular flexibility index (Phi) is 5.70. The average Bonchev–Trinajstić information content (AvgIpc) is 3.26. The molecule has 0 unspecified atom stereocenters. The second-order valence-electron chi connectivity index (χ2n) is 5.36. The number of nitrogens with one attached hydrogen (secondary N) is 1. The van der Waals surface area contributed by atoms with E-state index in [9.17, 15) is 9.59 Å². The molecule has 0 aliphatic rings. The first-order chi connectivity index (χ1) is 12.6. The summed E-state index contributed by atoms with van der Waals surface area (Å²) in [6.07, 6.45) is 4.84. The van der Waals surface area contributed by atoms with Gasteiger partial charge in [0.05, 0.1) is 18.6 Å². The highest BCUT2D eigenvalue weighted by atomic mass is 35.5. The van der Waals surface area contributed by atoms with Crippen LogP contribution in [0.2, 0.25) is 5.02 Å². The summed E-state index contributed by atoms with van der Waals surface area (Å²) in [6.45, 7) is 2.10. The van der Waals surface area contributed by atoms with Crippen LogP contribution in [0.3, 0.4) is 0 Å². The predicted molar refractivity (Wildman–Crippen MR) is 102 cm³/mol. The average molecular weight is 390 g/mol. The summed E-state index contributed by atoms with van der Waals surface area (Å²) in [5.74, 6) is -0.718. The molecule has 0 radical (unpaired) electrons. The number of rotatable bonds is 6. The lowest BCUT2D eigenvalue weighted by atomic mass is 10.2. The Balaban J connectivity index is 1.87.